The van der Waals surface area contributed by atoms with Gasteiger partial charge in [0, 0.05) is 12.6 Å². The number of hydrogen-bond donors (Lipinski definition) is 1. The molecule has 0 atom stereocenters. The van der Waals surface area contributed by atoms with Gasteiger partial charge in [0.05, 0.1) is 30.4 Å². The number of carboxylic acids is 1. The van der Waals surface area contributed by atoms with Crippen LogP contribution in [-0.4, -0.2) is 51.1 Å². The van der Waals surface area contributed by atoms with Crippen molar-refractivity contribution in [3.63, 3.8) is 0 Å². The van der Waals surface area contributed by atoms with Crippen molar-refractivity contribution in [2.45, 2.75) is 6.42 Å². The first kappa shape index (κ1) is 20.3. The zero-order valence-electron chi connectivity index (χ0n) is 13.7. The van der Waals surface area contributed by atoms with Crippen LogP contribution in [-0.2, 0) is 14.3 Å². The van der Waals surface area contributed by atoms with E-state index >= 15 is 0 Å². The van der Waals surface area contributed by atoms with E-state index < -0.39 is 5.97 Å². The summed E-state index contributed by atoms with van der Waals surface area (Å²) in [6.45, 7) is 3.75. The normalized spacial score (nSPS) is 10.3. The first-order valence-electron chi connectivity index (χ1n) is 7.20. The maximum atomic E-state index is 11.2. The summed E-state index contributed by atoms with van der Waals surface area (Å²) in [6, 6.07) is 3.00. The van der Waals surface area contributed by atoms with E-state index in [1.54, 1.807) is 0 Å². The Morgan fingerprint density at radius 3 is 2.76 bits per heavy atom. The molecule has 0 spiro atoms. The molecule has 0 fully saturated rings. The van der Waals surface area contributed by atoms with Crippen LogP contribution in [0.1, 0.15) is 6.42 Å². The second kappa shape index (κ2) is 10.9. The molecule has 1 rings (SSSR count). The third kappa shape index (κ3) is 6.72. The molecular weight excluding hydrogens is 352 g/mol. The standard InChI is InChI=1S/C16H19ClN2O6/c1-18-4-6-24-7-8-25-14-10-15(23-2)13(9-12(14)17)19(11-20)5-3-16(21)22/h4,6,9-11H,1,3,5,7-8H2,2H3,(H,21,22)/b6-4-. The lowest BCUT2D eigenvalue weighted by Crippen LogP contribution is -2.24. The van der Waals surface area contributed by atoms with Crippen molar-refractivity contribution in [3.05, 3.63) is 29.6 Å². The summed E-state index contributed by atoms with van der Waals surface area (Å²) in [6.07, 6.45) is 3.09. The minimum Gasteiger partial charge on any atom is -0.496 e. The van der Waals surface area contributed by atoms with Crippen LogP contribution in [0.25, 0.3) is 0 Å². The smallest absolute Gasteiger partial charge is 0.305 e. The van der Waals surface area contributed by atoms with E-state index in [9.17, 15) is 9.59 Å². The van der Waals surface area contributed by atoms with Crippen molar-refractivity contribution in [2.75, 3.05) is 31.8 Å². The molecule has 0 saturated carbocycles. The monoisotopic (exact) mass is 370 g/mol. The number of benzene rings is 1. The van der Waals surface area contributed by atoms with Crippen LogP contribution in [0.4, 0.5) is 5.69 Å². The molecule has 0 unspecified atom stereocenters. The molecule has 0 aliphatic rings. The first-order valence-corrected chi connectivity index (χ1v) is 7.57. The van der Waals surface area contributed by atoms with E-state index in [2.05, 4.69) is 11.7 Å². The highest BCUT2D eigenvalue weighted by molar-refractivity contribution is 6.32. The Labute approximate surface area is 150 Å². The number of methoxy groups -OCH3 is 1. The summed E-state index contributed by atoms with van der Waals surface area (Å²) < 4.78 is 15.9. The highest BCUT2D eigenvalue weighted by Gasteiger charge is 2.17. The van der Waals surface area contributed by atoms with Crippen molar-refractivity contribution >= 4 is 36.4 Å². The molecule has 9 heteroatoms. The molecule has 0 bridgehead atoms. The number of rotatable bonds is 12. The van der Waals surface area contributed by atoms with E-state index in [4.69, 9.17) is 30.9 Å². The fourth-order valence-corrected chi connectivity index (χ4v) is 2.04. The Hall–Kier alpha value is -2.74. The SMILES string of the molecule is C=N/C=C\OCCOc1cc(OC)c(N(C=O)CCC(=O)O)cc1Cl. The summed E-state index contributed by atoms with van der Waals surface area (Å²) in [7, 11) is 1.42. The molecule has 1 amide bonds. The van der Waals surface area contributed by atoms with E-state index in [-0.39, 0.29) is 31.2 Å². The maximum Gasteiger partial charge on any atom is 0.305 e. The van der Waals surface area contributed by atoms with Gasteiger partial charge in [0.1, 0.15) is 31.0 Å². The average molecular weight is 371 g/mol. The van der Waals surface area contributed by atoms with Gasteiger partial charge in [0.25, 0.3) is 0 Å². The highest BCUT2D eigenvalue weighted by Crippen LogP contribution is 2.37. The van der Waals surface area contributed by atoms with Crippen LogP contribution >= 0.6 is 11.6 Å². The number of amides is 1. The molecule has 1 aromatic rings. The van der Waals surface area contributed by atoms with Crippen molar-refractivity contribution in [3.8, 4) is 11.5 Å². The minimum atomic E-state index is -1.02. The lowest BCUT2D eigenvalue weighted by Gasteiger charge is -2.21. The van der Waals surface area contributed by atoms with E-state index in [1.165, 1.54) is 36.6 Å². The molecule has 0 radical (unpaired) electrons. The van der Waals surface area contributed by atoms with Crippen molar-refractivity contribution in [2.24, 2.45) is 4.99 Å². The van der Waals surface area contributed by atoms with Crippen molar-refractivity contribution in [1.29, 1.82) is 0 Å². The zero-order chi connectivity index (χ0) is 18.7. The molecule has 8 nitrogen and oxygen atoms in total. The number of aliphatic carboxylic acids is 1. The molecule has 0 aliphatic heterocycles. The number of anilines is 1. The predicted molar refractivity (Wildman–Crippen MR) is 93.8 cm³/mol. The van der Waals surface area contributed by atoms with Crippen LogP contribution in [0.3, 0.4) is 0 Å². The topological polar surface area (TPSA) is 97.7 Å². The molecule has 0 aliphatic carbocycles. The van der Waals surface area contributed by atoms with E-state index in [0.717, 1.165) is 0 Å². The van der Waals surface area contributed by atoms with Gasteiger partial charge in [-0.3, -0.25) is 14.6 Å². The number of ether oxygens (including phenoxy) is 3. The van der Waals surface area contributed by atoms with Crippen LogP contribution in [0, 0.1) is 0 Å². The Balaban J connectivity index is 2.83. The molecule has 0 saturated heterocycles. The van der Waals surface area contributed by atoms with Gasteiger partial charge in [-0.05, 0) is 12.8 Å². The molecule has 0 aromatic heterocycles. The lowest BCUT2D eigenvalue weighted by atomic mass is 10.2. The largest absolute Gasteiger partial charge is 0.496 e. The number of halogens is 1. The molecule has 136 valence electrons. The predicted octanol–water partition coefficient (Wildman–Crippen LogP) is 2.35. The third-order valence-electron chi connectivity index (χ3n) is 2.96. The Bertz CT molecular complexity index is 635. The van der Waals surface area contributed by atoms with Gasteiger partial charge in [-0.2, -0.15) is 0 Å². The van der Waals surface area contributed by atoms with E-state index in [0.29, 0.717) is 23.6 Å². The van der Waals surface area contributed by atoms with Crippen LogP contribution < -0.4 is 14.4 Å². The lowest BCUT2D eigenvalue weighted by molar-refractivity contribution is -0.136. The number of carbonyl (C=O) groups is 2. The molecule has 1 N–H and O–H groups in total. The quantitative estimate of drug-likeness (QED) is 0.262. The average Bonchev–Trinajstić information content (AvgIpc) is 2.59. The van der Waals surface area contributed by atoms with Gasteiger partial charge in [-0.25, -0.2) is 0 Å². The summed E-state index contributed by atoms with van der Waals surface area (Å²) in [5.74, 6) is -0.341. The van der Waals surface area contributed by atoms with Gasteiger partial charge < -0.3 is 24.2 Å². The van der Waals surface area contributed by atoms with E-state index in [1.807, 2.05) is 0 Å². The van der Waals surface area contributed by atoms with Gasteiger partial charge in [0.2, 0.25) is 6.41 Å². The number of hydrogen-bond acceptors (Lipinski definition) is 6. The number of carbonyl (C=O) groups excluding carboxylic acids is 1. The van der Waals surface area contributed by atoms with Crippen LogP contribution in [0.15, 0.2) is 29.6 Å². The number of aliphatic imine (C=N–C) groups is 1. The summed E-state index contributed by atoms with van der Waals surface area (Å²) in [5.41, 5.74) is 0.354. The Kier molecular flexibility index (Phi) is 8.87. The molecular formula is C16H19ClN2O6. The first-order chi connectivity index (χ1) is 12.0. The second-order valence-corrected chi connectivity index (χ2v) is 4.99. The number of nitrogens with zero attached hydrogens (tertiary/aromatic N) is 2. The van der Waals surface area contributed by atoms with Crippen LogP contribution in [0.2, 0.25) is 5.02 Å². The highest BCUT2D eigenvalue weighted by atomic mass is 35.5. The summed E-state index contributed by atoms with van der Waals surface area (Å²) >= 11 is 6.17. The fraction of sp³-hybridized carbons (Fsp3) is 0.312. The third-order valence-corrected chi connectivity index (χ3v) is 3.25. The van der Waals surface area contributed by atoms with Crippen molar-refractivity contribution in [1.82, 2.24) is 0 Å². The van der Waals surface area contributed by atoms with Gasteiger partial charge in [0.15, 0.2) is 0 Å². The molecule has 1 aromatic carbocycles. The van der Waals surface area contributed by atoms with Gasteiger partial charge >= 0.3 is 5.97 Å². The summed E-state index contributed by atoms with van der Waals surface area (Å²) in [5, 5.41) is 9.01. The number of carboxylic acid groups (broad SMARTS) is 1. The fourth-order valence-electron chi connectivity index (χ4n) is 1.82. The summed E-state index contributed by atoms with van der Waals surface area (Å²) in [4.78, 5) is 26.6. The zero-order valence-corrected chi connectivity index (χ0v) is 14.4. The second-order valence-electron chi connectivity index (χ2n) is 4.58. The van der Waals surface area contributed by atoms with Crippen molar-refractivity contribution < 1.29 is 28.9 Å². The Morgan fingerprint density at radius 2 is 2.16 bits per heavy atom. The maximum absolute atomic E-state index is 11.2. The molecule has 0 heterocycles. The van der Waals surface area contributed by atoms with Crippen LogP contribution in [0.5, 0.6) is 11.5 Å². The molecule has 25 heavy (non-hydrogen) atoms. The van der Waals surface area contributed by atoms with Gasteiger partial charge in [-0.1, -0.05) is 11.6 Å². The van der Waals surface area contributed by atoms with Gasteiger partial charge in [-0.15, -0.1) is 0 Å². The minimum absolute atomic E-state index is 0.0107. The Morgan fingerprint density at radius 1 is 1.40 bits per heavy atom.